The number of hydrogen-bond acceptors (Lipinski definition) is 8. The largest absolute Gasteiger partial charge is 0.330 e. The lowest BCUT2D eigenvalue weighted by atomic mass is 10.1. The maximum atomic E-state index is 12.4. The Kier molecular flexibility index (Phi) is 51.2. The number of halogens is 4. The van der Waals surface area contributed by atoms with Gasteiger partial charge in [0.2, 0.25) is 20.0 Å². The van der Waals surface area contributed by atoms with E-state index in [9.17, 15) is 16.8 Å². The minimum atomic E-state index is -3.23. The molecule has 0 aliphatic carbocycles. The van der Waals surface area contributed by atoms with Crippen molar-refractivity contribution in [3.63, 3.8) is 0 Å². The van der Waals surface area contributed by atoms with Crippen molar-refractivity contribution < 1.29 is 16.8 Å². The zero-order valence-corrected chi connectivity index (χ0v) is 35.2. The summed E-state index contributed by atoms with van der Waals surface area (Å²) in [5.74, 6) is 0.411. The highest BCUT2D eigenvalue weighted by molar-refractivity contribution is 7.89. The third kappa shape index (κ3) is 43.0. The third-order valence-electron chi connectivity index (χ3n) is 7.82. The standard InChI is InChI=1S/C32H72N6O4S2.4ClH/c1-3-5-7-9-11-15-31-43(39,40)36-26-19-29-38(28-18-25-35-23-14-13-22-34-24-17-21-33)30-20-27-37-44(41,42)32-16-12-10-8-6-4-2;;;;/h34-37H,3-33H2,1-2H3;4*1H. The van der Waals surface area contributed by atoms with E-state index < -0.39 is 20.0 Å². The first kappa shape index (κ1) is 58.1. The van der Waals surface area contributed by atoms with Crippen LogP contribution in [0.2, 0.25) is 0 Å². The predicted octanol–water partition coefficient (Wildman–Crippen LogP) is 6.01. The smallest absolute Gasteiger partial charge is 0.211 e. The molecular weight excluding hydrogens is 738 g/mol. The van der Waals surface area contributed by atoms with Crippen molar-refractivity contribution in [2.75, 3.05) is 77.0 Å². The Morgan fingerprint density at radius 3 is 1.17 bits per heavy atom. The lowest BCUT2D eigenvalue weighted by molar-refractivity contribution is 0.263. The summed E-state index contributed by atoms with van der Waals surface area (Å²) >= 11 is 0. The fourth-order valence-corrected chi connectivity index (χ4v) is 7.46. The second-order valence-corrected chi connectivity index (χ2v) is 16.1. The van der Waals surface area contributed by atoms with Crippen LogP contribution in [0.15, 0.2) is 0 Å². The molecule has 0 radical (unpaired) electrons. The lowest BCUT2D eigenvalue weighted by Gasteiger charge is -2.22. The molecule has 16 heteroatoms. The summed E-state index contributed by atoms with van der Waals surface area (Å²) in [6, 6.07) is 0. The number of nitrogens with two attached hydrogens (primary N) is 1. The van der Waals surface area contributed by atoms with Gasteiger partial charge in [0.05, 0.1) is 11.5 Å². The number of rotatable bonds is 36. The van der Waals surface area contributed by atoms with Gasteiger partial charge in [0.25, 0.3) is 0 Å². The van der Waals surface area contributed by atoms with Crippen molar-refractivity contribution >= 4 is 69.7 Å². The molecule has 0 aliphatic rings. The van der Waals surface area contributed by atoms with E-state index in [0.717, 1.165) is 129 Å². The van der Waals surface area contributed by atoms with Gasteiger partial charge < -0.3 is 21.3 Å². The molecular formula is C32H76Cl4N6O4S2. The van der Waals surface area contributed by atoms with Crippen molar-refractivity contribution in [3.05, 3.63) is 0 Å². The normalized spacial score (nSPS) is 11.4. The predicted molar refractivity (Wildman–Crippen MR) is 218 cm³/mol. The topological polar surface area (TPSA) is 146 Å². The van der Waals surface area contributed by atoms with Crippen LogP contribution in [0.25, 0.3) is 0 Å². The first-order chi connectivity index (χ1) is 21.3. The van der Waals surface area contributed by atoms with Crippen LogP contribution in [0.3, 0.4) is 0 Å². The molecule has 0 aliphatic heterocycles. The summed E-state index contributed by atoms with van der Waals surface area (Å²) in [7, 11) is -6.46. The van der Waals surface area contributed by atoms with Gasteiger partial charge in [-0.1, -0.05) is 78.1 Å². The van der Waals surface area contributed by atoms with Crippen molar-refractivity contribution in [1.29, 1.82) is 0 Å². The first-order valence-corrected chi connectivity index (χ1v) is 21.3. The molecule has 0 aromatic rings. The highest BCUT2D eigenvalue weighted by Crippen LogP contribution is 2.07. The van der Waals surface area contributed by atoms with Crippen molar-refractivity contribution in [1.82, 2.24) is 25.0 Å². The summed E-state index contributed by atoms with van der Waals surface area (Å²) in [6.07, 6.45) is 18.6. The number of hydrogen-bond donors (Lipinski definition) is 5. The van der Waals surface area contributed by atoms with E-state index in [0.29, 0.717) is 13.1 Å². The van der Waals surface area contributed by atoms with E-state index in [4.69, 9.17) is 5.73 Å². The third-order valence-corrected chi connectivity index (χ3v) is 10.8. The van der Waals surface area contributed by atoms with E-state index in [-0.39, 0.29) is 61.1 Å². The van der Waals surface area contributed by atoms with Crippen LogP contribution in [0.1, 0.15) is 129 Å². The Bertz CT molecular complexity index is 781. The Morgan fingerprint density at radius 2 is 0.771 bits per heavy atom. The van der Waals surface area contributed by atoms with E-state index in [1.165, 1.54) is 38.5 Å². The van der Waals surface area contributed by atoms with Crippen LogP contribution in [-0.2, 0) is 20.0 Å². The zero-order valence-electron chi connectivity index (χ0n) is 30.3. The summed E-state index contributed by atoms with van der Waals surface area (Å²) in [4.78, 5) is 2.34. The highest BCUT2D eigenvalue weighted by Gasteiger charge is 2.12. The summed E-state index contributed by atoms with van der Waals surface area (Å²) in [5.41, 5.74) is 5.52. The van der Waals surface area contributed by atoms with E-state index in [1.807, 2.05) is 0 Å². The number of unbranched alkanes of at least 4 members (excludes halogenated alkanes) is 11. The molecule has 298 valence electrons. The van der Waals surface area contributed by atoms with Crippen molar-refractivity contribution in [3.8, 4) is 0 Å². The van der Waals surface area contributed by atoms with Crippen LogP contribution in [0.5, 0.6) is 0 Å². The quantitative estimate of drug-likeness (QED) is 0.0484. The molecule has 10 nitrogen and oxygen atoms in total. The van der Waals surface area contributed by atoms with Gasteiger partial charge in [0.15, 0.2) is 0 Å². The molecule has 0 spiro atoms. The summed E-state index contributed by atoms with van der Waals surface area (Å²) in [6.45, 7) is 12.4. The Morgan fingerprint density at radius 1 is 0.438 bits per heavy atom. The average Bonchev–Trinajstić information content (AvgIpc) is 2.99. The van der Waals surface area contributed by atoms with E-state index >= 15 is 0 Å². The second kappa shape index (κ2) is 42.2. The van der Waals surface area contributed by atoms with Crippen LogP contribution in [0, 0.1) is 0 Å². The number of sulfonamides is 2. The minimum Gasteiger partial charge on any atom is -0.330 e. The second-order valence-electron chi connectivity index (χ2n) is 12.2. The van der Waals surface area contributed by atoms with Gasteiger partial charge in [0.1, 0.15) is 0 Å². The maximum Gasteiger partial charge on any atom is 0.211 e. The summed E-state index contributed by atoms with van der Waals surface area (Å²) in [5, 5.41) is 6.94. The minimum absolute atomic E-state index is 0. The molecule has 0 unspecified atom stereocenters. The molecule has 0 rings (SSSR count). The van der Waals surface area contributed by atoms with Crippen LogP contribution >= 0.6 is 49.6 Å². The van der Waals surface area contributed by atoms with Gasteiger partial charge in [-0.05, 0) is 104 Å². The fourth-order valence-electron chi connectivity index (χ4n) is 5.09. The van der Waals surface area contributed by atoms with Crippen molar-refractivity contribution in [2.45, 2.75) is 129 Å². The monoisotopic (exact) mass is 812 g/mol. The molecule has 0 aromatic carbocycles. The van der Waals surface area contributed by atoms with E-state index in [1.54, 1.807) is 0 Å². The summed E-state index contributed by atoms with van der Waals surface area (Å²) < 4.78 is 55.1. The molecule has 0 bridgehead atoms. The number of nitrogens with one attached hydrogen (secondary N) is 4. The van der Waals surface area contributed by atoms with Gasteiger partial charge in [-0.3, -0.25) is 0 Å². The molecule has 0 saturated heterocycles. The number of nitrogens with zero attached hydrogens (tertiary/aromatic N) is 1. The Hall–Kier alpha value is 0.820. The van der Waals surface area contributed by atoms with Gasteiger partial charge in [-0.2, -0.15) is 0 Å². The SMILES string of the molecule is CCCCCCCCS(=O)(=O)NCCCN(CCCNCCCCNCCCN)CCCNS(=O)(=O)CCCCCCCC.Cl.Cl.Cl.Cl. The average molecular weight is 815 g/mol. The van der Waals surface area contributed by atoms with Gasteiger partial charge >= 0.3 is 0 Å². The van der Waals surface area contributed by atoms with Crippen LogP contribution in [-0.4, -0.2) is 98.7 Å². The molecule has 48 heavy (non-hydrogen) atoms. The zero-order chi connectivity index (χ0) is 32.6. The van der Waals surface area contributed by atoms with Crippen molar-refractivity contribution in [2.24, 2.45) is 5.73 Å². The molecule has 0 aromatic heterocycles. The first-order valence-electron chi connectivity index (χ1n) is 18.0. The van der Waals surface area contributed by atoms with Crippen LogP contribution < -0.4 is 25.8 Å². The van der Waals surface area contributed by atoms with E-state index in [2.05, 4.69) is 38.8 Å². The molecule has 6 N–H and O–H groups in total. The van der Waals surface area contributed by atoms with Gasteiger partial charge in [0, 0.05) is 13.1 Å². The molecule has 0 fully saturated rings. The lowest BCUT2D eigenvalue weighted by Crippen LogP contribution is -2.35. The highest BCUT2D eigenvalue weighted by atomic mass is 35.5. The van der Waals surface area contributed by atoms with Gasteiger partial charge in [-0.25, -0.2) is 26.3 Å². The van der Waals surface area contributed by atoms with Gasteiger partial charge in [-0.15, -0.1) is 49.6 Å². The molecule has 0 heterocycles. The Balaban J connectivity index is -0.00000154. The molecule has 0 amide bonds. The Labute approximate surface area is 321 Å². The maximum absolute atomic E-state index is 12.4. The molecule has 0 saturated carbocycles. The van der Waals surface area contributed by atoms with Crippen LogP contribution in [0.4, 0.5) is 0 Å². The fraction of sp³-hybridized carbons (Fsp3) is 1.00. The molecule has 0 atom stereocenters.